The third-order valence-electron chi connectivity index (χ3n) is 3.67. The summed E-state index contributed by atoms with van der Waals surface area (Å²) in [6.45, 7) is 0. The highest BCUT2D eigenvalue weighted by atomic mass is 16.6. The van der Waals surface area contributed by atoms with Crippen LogP contribution in [-0.2, 0) is 11.2 Å². The third kappa shape index (κ3) is 2.29. The van der Waals surface area contributed by atoms with Gasteiger partial charge in [0.15, 0.2) is 0 Å². The second-order valence-electron chi connectivity index (χ2n) is 5.05. The van der Waals surface area contributed by atoms with Crippen molar-refractivity contribution >= 4 is 23.5 Å². The molecule has 2 aromatic rings. The molecule has 1 aliphatic rings. The molecule has 24 heavy (non-hydrogen) atoms. The SMILES string of the molecule is O=C([O-])[C@@H](Cc1cnc[nH]1)N1C(=O)c2cccc([N+](=O)[O-])c2C1=O. The first-order valence-electron chi connectivity index (χ1n) is 6.75. The molecule has 0 bridgehead atoms. The Bertz CT molecular complexity index is 860. The number of rotatable bonds is 5. The van der Waals surface area contributed by atoms with Crippen LogP contribution in [0.25, 0.3) is 0 Å². The largest absolute Gasteiger partial charge is 0.548 e. The number of nitrogens with one attached hydrogen (secondary N) is 1. The number of carboxylic acids is 1. The lowest BCUT2D eigenvalue weighted by Crippen LogP contribution is -2.51. The standard InChI is InChI=1S/C14H10N4O6/c19-12-8-2-1-3-9(18(23)24)11(8)13(20)17(12)10(14(21)22)4-7-5-15-6-16-7/h1-3,5-6,10H,4H2,(H,15,16)(H,21,22)/p-1/t10-/m1/s1. The summed E-state index contributed by atoms with van der Waals surface area (Å²) in [5.41, 5.74) is -0.796. The quantitative estimate of drug-likeness (QED) is 0.432. The number of nitrogens with zero attached hydrogens (tertiary/aromatic N) is 3. The number of benzene rings is 1. The molecule has 0 spiro atoms. The number of amides is 2. The van der Waals surface area contributed by atoms with Crippen molar-refractivity contribution in [3.05, 3.63) is 57.7 Å². The van der Waals surface area contributed by atoms with E-state index in [0.29, 0.717) is 10.6 Å². The molecule has 0 saturated carbocycles. The molecule has 0 aliphatic carbocycles. The second-order valence-corrected chi connectivity index (χ2v) is 5.05. The number of nitro benzene ring substituents is 1. The maximum absolute atomic E-state index is 12.5. The van der Waals surface area contributed by atoms with Crippen LogP contribution in [0.5, 0.6) is 0 Å². The van der Waals surface area contributed by atoms with Gasteiger partial charge in [-0.1, -0.05) is 6.07 Å². The van der Waals surface area contributed by atoms with Gasteiger partial charge in [-0.15, -0.1) is 0 Å². The molecule has 0 unspecified atom stereocenters. The van der Waals surface area contributed by atoms with Crippen molar-refractivity contribution in [2.75, 3.05) is 0 Å². The molecule has 10 nitrogen and oxygen atoms in total. The maximum Gasteiger partial charge on any atom is 0.282 e. The molecule has 1 aromatic heterocycles. The van der Waals surface area contributed by atoms with Gasteiger partial charge in [-0.05, 0) is 6.07 Å². The molecular weight excluding hydrogens is 320 g/mol. The van der Waals surface area contributed by atoms with Crippen LogP contribution in [0.4, 0.5) is 5.69 Å². The van der Waals surface area contributed by atoms with E-state index in [2.05, 4.69) is 9.97 Å². The van der Waals surface area contributed by atoms with Crippen LogP contribution in [0.3, 0.4) is 0 Å². The number of imide groups is 1. The molecule has 3 rings (SSSR count). The Balaban J connectivity index is 2.04. The van der Waals surface area contributed by atoms with E-state index in [-0.39, 0.29) is 12.0 Å². The number of carboxylic acid groups (broad SMARTS) is 1. The summed E-state index contributed by atoms with van der Waals surface area (Å²) in [4.78, 5) is 53.5. The van der Waals surface area contributed by atoms with Crippen molar-refractivity contribution in [1.29, 1.82) is 0 Å². The van der Waals surface area contributed by atoms with E-state index < -0.39 is 40.0 Å². The Kier molecular flexibility index (Phi) is 3.56. The number of hydrogen-bond acceptors (Lipinski definition) is 7. The molecule has 0 saturated heterocycles. The number of H-pyrrole nitrogens is 1. The van der Waals surface area contributed by atoms with Crippen molar-refractivity contribution in [3.8, 4) is 0 Å². The molecule has 10 heteroatoms. The number of carbonyl (C=O) groups is 3. The van der Waals surface area contributed by atoms with Crippen LogP contribution in [0.2, 0.25) is 0 Å². The fourth-order valence-electron chi connectivity index (χ4n) is 2.61. The Labute approximate surface area is 133 Å². The Morgan fingerprint density at radius 3 is 2.67 bits per heavy atom. The van der Waals surface area contributed by atoms with E-state index in [9.17, 15) is 29.6 Å². The van der Waals surface area contributed by atoms with E-state index in [1.54, 1.807) is 0 Å². The zero-order valence-corrected chi connectivity index (χ0v) is 12.0. The van der Waals surface area contributed by atoms with E-state index in [1.165, 1.54) is 24.7 Å². The summed E-state index contributed by atoms with van der Waals surface area (Å²) in [7, 11) is 0. The van der Waals surface area contributed by atoms with Crippen LogP contribution in [0.15, 0.2) is 30.7 Å². The number of nitro groups is 1. The van der Waals surface area contributed by atoms with Crippen LogP contribution in [0.1, 0.15) is 26.4 Å². The fourth-order valence-corrected chi connectivity index (χ4v) is 2.61. The van der Waals surface area contributed by atoms with Gasteiger partial charge in [0.1, 0.15) is 5.56 Å². The van der Waals surface area contributed by atoms with Gasteiger partial charge >= 0.3 is 0 Å². The summed E-state index contributed by atoms with van der Waals surface area (Å²) >= 11 is 0. The number of aromatic nitrogens is 2. The van der Waals surface area contributed by atoms with Gasteiger partial charge in [-0.2, -0.15) is 0 Å². The molecule has 2 amide bonds. The number of carbonyl (C=O) groups excluding carboxylic acids is 3. The molecule has 1 atom stereocenters. The zero-order chi connectivity index (χ0) is 17.4. The van der Waals surface area contributed by atoms with Crippen LogP contribution >= 0.6 is 0 Å². The molecule has 1 aromatic carbocycles. The van der Waals surface area contributed by atoms with Gasteiger partial charge in [-0.25, -0.2) is 4.98 Å². The lowest BCUT2D eigenvalue weighted by atomic mass is 10.1. The van der Waals surface area contributed by atoms with Crippen LogP contribution < -0.4 is 5.11 Å². The monoisotopic (exact) mass is 329 g/mol. The molecule has 1 N–H and O–H groups in total. The van der Waals surface area contributed by atoms with Crippen molar-refractivity contribution in [2.24, 2.45) is 0 Å². The molecule has 0 fully saturated rings. The van der Waals surface area contributed by atoms with Gasteiger partial charge in [0.05, 0.1) is 28.8 Å². The van der Waals surface area contributed by atoms with Crippen LogP contribution in [0, 0.1) is 10.1 Å². The highest BCUT2D eigenvalue weighted by molar-refractivity contribution is 6.24. The average molecular weight is 329 g/mol. The Hall–Kier alpha value is -3.56. The highest BCUT2D eigenvalue weighted by Gasteiger charge is 2.44. The third-order valence-corrected chi connectivity index (χ3v) is 3.67. The topological polar surface area (TPSA) is 149 Å². The minimum absolute atomic E-state index is 0.204. The average Bonchev–Trinajstić information content (AvgIpc) is 3.13. The summed E-state index contributed by atoms with van der Waals surface area (Å²) in [6.07, 6.45) is 2.41. The molecular formula is C14H9N4O6-. The minimum atomic E-state index is -1.65. The van der Waals surface area contributed by atoms with Gasteiger partial charge in [0.2, 0.25) is 0 Å². The van der Waals surface area contributed by atoms with Gasteiger partial charge in [-0.3, -0.25) is 24.6 Å². The lowest BCUT2D eigenvalue weighted by molar-refractivity contribution is -0.385. The fraction of sp³-hybridized carbons (Fsp3) is 0.143. The minimum Gasteiger partial charge on any atom is -0.548 e. The van der Waals surface area contributed by atoms with E-state index in [1.807, 2.05) is 0 Å². The number of imidazole rings is 1. The molecule has 0 radical (unpaired) electrons. The molecule has 122 valence electrons. The molecule has 1 aliphatic heterocycles. The first kappa shape index (κ1) is 15.3. The van der Waals surface area contributed by atoms with Crippen molar-refractivity contribution in [3.63, 3.8) is 0 Å². The Morgan fingerprint density at radius 1 is 1.33 bits per heavy atom. The smallest absolute Gasteiger partial charge is 0.282 e. The summed E-state index contributed by atoms with van der Waals surface area (Å²) < 4.78 is 0. The van der Waals surface area contributed by atoms with Gasteiger partial charge in [0.25, 0.3) is 17.5 Å². The summed E-state index contributed by atoms with van der Waals surface area (Å²) in [6, 6.07) is 1.97. The van der Waals surface area contributed by atoms with E-state index in [4.69, 9.17) is 0 Å². The summed E-state index contributed by atoms with van der Waals surface area (Å²) in [5.74, 6) is -3.59. The number of fused-ring (bicyclic) bond motifs is 1. The lowest BCUT2D eigenvalue weighted by Gasteiger charge is -2.26. The van der Waals surface area contributed by atoms with Crippen molar-refractivity contribution in [2.45, 2.75) is 12.5 Å². The molecule has 2 heterocycles. The number of aliphatic carboxylic acids is 1. The highest BCUT2D eigenvalue weighted by Crippen LogP contribution is 2.32. The van der Waals surface area contributed by atoms with Crippen LogP contribution in [-0.4, -0.2) is 43.6 Å². The maximum atomic E-state index is 12.5. The van der Waals surface area contributed by atoms with E-state index >= 15 is 0 Å². The van der Waals surface area contributed by atoms with E-state index in [0.717, 1.165) is 6.07 Å². The van der Waals surface area contributed by atoms with Crippen molar-refractivity contribution < 1.29 is 24.4 Å². The summed E-state index contributed by atoms with van der Waals surface area (Å²) in [5, 5.41) is 22.5. The normalized spacial score (nSPS) is 14.6. The number of hydrogen-bond donors (Lipinski definition) is 1. The Morgan fingerprint density at radius 2 is 2.08 bits per heavy atom. The van der Waals surface area contributed by atoms with Crippen molar-refractivity contribution in [1.82, 2.24) is 14.9 Å². The predicted molar refractivity (Wildman–Crippen MR) is 74.7 cm³/mol. The van der Waals surface area contributed by atoms with Gasteiger partial charge < -0.3 is 14.9 Å². The zero-order valence-electron chi connectivity index (χ0n) is 12.0. The van der Waals surface area contributed by atoms with Gasteiger partial charge in [0, 0.05) is 24.4 Å². The first-order valence-corrected chi connectivity index (χ1v) is 6.75. The predicted octanol–water partition coefficient (Wildman–Crippen LogP) is -0.725. The first-order chi connectivity index (χ1) is 11.4. The number of aromatic amines is 1. The second kappa shape index (κ2) is 5.57.